The van der Waals surface area contributed by atoms with Gasteiger partial charge in [0, 0.05) is 29.7 Å². The van der Waals surface area contributed by atoms with Crippen LogP contribution in [0.25, 0.3) is 10.9 Å². The summed E-state index contributed by atoms with van der Waals surface area (Å²) in [7, 11) is 0. The lowest BCUT2D eigenvalue weighted by Gasteiger charge is -2.28. The van der Waals surface area contributed by atoms with Gasteiger partial charge in [-0.25, -0.2) is 4.79 Å². The number of ether oxygens (including phenoxy) is 1. The zero-order valence-corrected chi connectivity index (χ0v) is 11.5. The maximum absolute atomic E-state index is 11.3. The zero-order valence-electron chi connectivity index (χ0n) is 11.5. The van der Waals surface area contributed by atoms with Crippen LogP contribution >= 0.6 is 0 Å². The van der Waals surface area contributed by atoms with Crippen LogP contribution in [0.4, 0.5) is 5.69 Å². The third-order valence-electron chi connectivity index (χ3n) is 3.83. The monoisotopic (exact) mass is 274 g/mol. The minimum Gasteiger partial charge on any atom is -0.477 e. The molecule has 0 radical (unpaired) electrons. The van der Waals surface area contributed by atoms with Crippen molar-refractivity contribution in [3.05, 3.63) is 29.5 Å². The van der Waals surface area contributed by atoms with Gasteiger partial charge in [0.05, 0.1) is 13.2 Å². The SMILES string of the molecule is CCc1c(C(=O)O)[nH]c2cc(N3CCOCC3)ccc12. The smallest absolute Gasteiger partial charge is 0.352 e. The summed E-state index contributed by atoms with van der Waals surface area (Å²) in [6.45, 7) is 5.20. The first-order valence-corrected chi connectivity index (χ1v) is 6.91. The van der Waals surface area contributed by atoms with Crippen molar-refractivity contribution in [2.24, 2.45) is 0 Å². The molecule has 5 nitrogen and oxygen atoms in total. The van der Waals surface area contributed by atoms with Crippen molar-refractivity contribution < 1.29 is 14.6 Å². The second-order valence-electron chi connectivity index (χ2n) is 4.97. The summed E-state index contributed by atoms with van der Waals surface area (Å²) in [5.74, 6) is -0.897. The Kier molecular flexibility index (Phi) is 3.36. The molecule has 0 spiro atoms. The minimum atomic E-state index is -0.897. The quantitative estimate of drug-likeness (QED) is 0.901. The Balaban J connectivity index is 2.04. The van der Waals surface area contributed by atoms with Crippen LogP contribution in [0.3, 0.4) is 0 Å². The fourth-order valence-corrected chi connectivity index (χ4v) is 2.81. The summed E-state index contributed by atoms with van der Waals surface area (Å²) in [5, 5.41) is 10.3. The van der Waals surface area contributed by atoms with Crippen LogP contribution < -0.4 is 4.90 Å². The van der Waals surface area contributed by atoms with E-state index < -0.39 is 5.97 Å². The summed E-state index contributed by atoms with van der Waals surface area (Å²) >= 11 is 0. The molecule has 5 heteroatoms. The van der Waals surface area contributed by atoms with E-state index in [-0.39, 0.29) is 0 Å². The van der Waals surface area contributed by atoms with Crippen LogP contribution in [-0.2, 0) is 11.2 Å². The Bertz CT molecular complexity index is 642. The number of anilines is 1. The largest absolute Gasteiger partial charge is 0.477 e. The molecule has 1 saturated heterocycles. The lowest BCUT2D eigenvalue weighted by molar-refractivity contribution is 0.0690. The van der Waals surface area contributed by atoms with Gasteiger partial charge < -0.3 is 19.7 Å². The molecule has 1 aromatic carbocycles. The molecule has 1 aliphatic rings. The molecule has 106 valence electrons. The highest BCUT2D eigenvalue weighted by Gasteiger charge is 2.17. The molecule has 1 fully saturated rings. The number of carbonyl (C=O) groups is 1. The number of carboxylic acids is 1. The van der Waals surface area contributed by atoms with Crippen LogP contribution in [0.1, 0.15) is 23.0 Å². The van der Waals surface area contributed by atoms with Gasteiger partial charge in [0.15, 0.2) is 0 Å². The average Bonchev–Trinajstić information content (AvgIpc) is 2.86. The molecule has 0 bridgehead atoms. The van der Waals surface area contributed by atoms with Gasteiger partial charge in [-0.2, -0.15) is 0 Å². The Hall–Kier alpha value is -2.01. The number of morpholine rings is 1. The van der Waals surface area contributed by atoms with Crippen molar-refractivity contribution in [3.63, 3.8) is 0 Å². The molecule has 1 aliphatic heterocycles. The third-order valence-corrected chi connectivity index (χ3v) is 3.83. The van der Waals surface area contributed by atoms with Crippen molar-refractivity contribution in [3.8, 4) is 0 Å². The number of rotatable bonds is 3. The fourth-order valence-electron chi connectivity index (χ4n) is 2.81. The van der Waals surface area contributed by atoms with E-state index >= 15 is 0 Å². The predicted octanol–water partition coefficient (Wildman–Crippen LogP) is 2.27. The predicted molar refractivity (Wildman–Crippen MR) is 77.7 cm³/mol. The Morgan fingerprint density at radius 2 is 2.15 bits per heavy atom. The van der Waals surface area contributed by atoms with Gasteiger partial charge in [0.25, 0.3) is 0 Å². The standard InChI is InChI=1S/C15H18N2O3/c1-2-11-12-4-3-10(17-5-7-20-8-6-17)9-13(12)16-14(11)15(18)19/h3-4,9,16H,2,5-8H2,1H3,(H,18,19). The number of aromatic amines is 1. The van der Waals surface area contributed by atoms with Crippen molar-refractivity contribution in [2.45, 2.75) is 13.3 Å². The normalized spacial score (nSPS) is 15.8. The molecular formula is C15H18N2O3. The molecule has 20 heavy (non-hydrogen) atoms. The summed E-state index contributed by atoms with van der Waals surface area (Å²) in [6.07, 6.45) is 0.707. The molecule has 2 heterocycles. The zero-order chi connectivity index (χ0) is 14.1. The van der Waals surface area contributed by atoms with Crippen molar-refractivity contribution in [2.75, 3.05) is 31.2 Å². The number of aromatic nitrogens is 1. The van der Waals surface area contributed by atoms with Gasteiger partial charge in [0.2, 0.25) is 0 Å². The number of hydrogen-bond donors (Lipinski definition) is 2. The van der Waals surface area contributed by atoms with Crippen LogP contribution in [0.5, 0.6) is 0 Å². The lowest BCUT2D eigenvalue weighted by Crippen LogP contribution is -2.36. The van der Waals surface area contributed by atoms with Crippen molar-refractivity contribution in [1.29, 1.82) is 0 Å². The number of aryl methyl sites for hydroxylation is 1. The summed E-state index contributed by atoms with van der Waals surface area (Å²) < 4.78 is 5.35. The van der Waals surface area contributed by atoms with Crippen LogP contribution in [0, 0.1) is 0 Å². The van der Waals surface area contributed by atoms with Crippen molar-refractivity contribution >= 4 is 22.6 Å². The first-order chi connectivity index (χ1) is 9.70. The highest BCUT2D eigenvalue weighted by molar-refractivity contribution is 5.98. The second kappa shape index (κ2) is 5.17. The molecule has 0 saturated carbocycles. The van der Waals surface area contributed by atoms with Gasteiger partial charge in [-0.05, 0) is 24.1 Å². The summed E-state index contributed by atoms with van der Waals surface area (Å²) in [6, 6.07) is 6.11. The van der Waals surface area contributed by atoms with E-state index in [1.54, 1.807) is 0 Å². The molecule has 0 aliphatic carbocycles. The van der Waals surface area contributed by atoms with Gasteiger partial charge in [-0.15, -0.1) is 0 Å². The first-order valence-electron chi connectivity index (χ1n) is 6.91. The number of aromatic carboxylic acids is 1. The number of benzene rings is 1. The second-order valence-corrected chi connectivity index (χ2v) is 4.97. The number of fused-ring (bicyclic) bond motifs is 1. The van der Waals surface area contributed by atoms with E-state index in [4.69, 9.17) is 4.74 Å². The van der Waals surface area contributed by atoms with E-state index in [9.17, 15) is 9.90 Å². The Morgan fingerprint density at radius 3 is 2.80 bits per heavy atom. The molecular weight excluding hydrogens is 256 g/mol. The fraction of sp³-hybridized carbons (Fsp3) is 0.400. The number of hydrogen-bond acceptors (Lipinski definition) is 3. The molecule has 0 unspecified atom stereocenters. The van der Waals surface area contributed by atoms with Crippen LogP contribution in [-0.4, -0.2) is 42.4 Å². The maximum Gasteiger partial charge on any atom is 0.352 e. The number of carboxylic acid groups (broad SMARTS) is 1. The number of H-pyrrole nitrogens is 1. The highest BCUT2D eigenvalue weighted by Crippen LogP contribution is 2.27. The number of nitrogens with zero attached hydrogens (tertiary/aromatic N) is 1. The molecule has 0 atom stereocenters. The van der Waals surface area contributed by atoms with Gasteiger partial charge >= 0.3 is 5.97 Å². The van der Waals surface area contributed by atoms with Gasteiger partial charge in [-0.1, -0.05) is 13.0 Å². The van der Waals surface area contributed by atoms with E-state index in [0.29, 0.717) is 12.1 Å². The molecule has 2 N–H and O–H groups in total. The van der Waals surface area contributed by atoms with E-state index in [0.717, 1.165) is 48.5 Å². The summed E-state index contributed by atoms with van der Waals surface area (Å²) in [5.41, 5.74) is 3.19. The Labute approximate surface area is 117 Å². The van der Waals surface area contributed by atoms with E-state index in [1.807, 2.05) is 19.1 Å². The lowest BCUT2D eigenvalue weighted by atomic mass is 10.1. The molecule has 3 rings (SSSR count). The number of nitrogens with one attached hydrogen (secondary N) is 1. The molecule has 0 amide bonds. The van der Waals surface area contributed by atoms with Gasteiger partial charge in [-0.3, -0.25) is 0 Å². The van der Waals surface area contributed by atoms with E-state index in [1.165, 1.54) is 0 Å². The van der Waals surface area contributed by atoms with Gasteiger partial charge in [0.1, 0.15) is 5.69 Å². The van der Waals surface area contributed by atoms with E-state index in [2.05, 4.69) is 16.0 Å². The molecule has 1 aromatic heterocycles. The third kappa shape index (κ3) is 2.14. The van der Waals surface area contributed by atoms with Crippen LogP contribution in [0.2, 0.25) is 0 Å². The minimum absolute atomic E-state index is 0.307. The first kappa shape index (κ1) is 13.0. The Morgan fingerprint density at radius 1 is 1.40 bits per heavy atom. The maximum atomic E-state index is 11.3. The summed E-state index contributed by atoms with van der Waals surface area (Å²) in [4.78, 5) is 16.6. The topological polar surface area (TPSA) is 65.6 Å². The highest BCUT2D eigenvalue weighted by atomic mass is 16.5. The van der Waals surface area contributed by atoms with Crippen LogP contribution in [0.15, 0.2) is 18.2 Å². The molecule has 2 aromatic rings. The average molecular weight is 274 g/mol. The van der Waals surface area contributed by atoms with Crippen molar-refractivity contribution in [1.82, 2.24) is 4.98 Å².